The molecule has 172 valence electrons. The number of piperazine rings is 1. The van der Waals surface area contributed by atoms with E-state index in [0.29, 0.717) is 0 Å². The second-order valence-corrected chi connectivity index (χ2v) is 8.19. The number of ether oxygens (including phenoxy) is 1. The van der Waals surface area contributed by atoms with Crippen molar-refractivity contribution < 1.29 is 4.74 Å². The maximum absolute atomic E-state index is 4.25. The van der Waals surface area contributed by atoms with Gasteiger partial charge in [0.2, 0.25) is 0 Å². The number of likely N-dealkylation sites (tertiary alicyclic amines) is 1. The zero-order chi connectivity index (χ0) is 21.8. The van der Waals surface area contributed by atoms with Crippen molar-refractivity contribution in [3.05, 3.63) is 0 Å². The van der Waals surface area contributed by atoms with Crippen LogP contribution in [0.25, 0.3) is 0 Å². The summed E-state index contributed by atoms with van der Waals surface area (Å²) in [7, 11) is 5.45. The van der Waals surface area contributed by atoms with Crippen LogP contribution in [-0.2, 0) is 4.74 Å². The van der Waals surface area contributed by atoms with Crippen molar-refractivity contribution in [2.45, 2.75) is 73.6 Å². The summed E-state index contributed by atoms with van der Waals surface area (Å²) in [6.45, 7) is 21.5. The fraction of sp³-hybridized carbons (Fsp3) is 1.00. The van der Waals surface area contributed by atoms with Gasteiger partial charge in [-0.15, -0.1) is 0 Å². The molecule has 2 aliphatic heterocycles. The monoisotopic (exact) mass is 401 g/mol. The molecule has 1 N–H and O–H groups in total. The van der Waals surface area contributed by atoms with Crippen LogP contribution in [0.1, 0.15) is 73.6 Å². The van der Waals surface area contributed by atoms with Gasteiger partial charge in [-0.3, -0.25) is 0 Å². The van der Waals surface area contributed by atoms with Crippen LogP contribution in [0.3, 0.4) is 0 Å². The average Bonchev–Trinajstić information content (AvgIpc) is 2.72. The van der Waals surface area contributed by atoms with E-state index in [1.54, 1.807) is 14.2 Å². The summed E-state index contributed by atoms with van der Waals surface area (Å²) >= 11 is 0. The van der Waals surface area contributed by atoms with Gasteiger partial charge in [0.1, 0.15) is 0 Å². The lowest BCUT2D eigenvalue weighted by Gasteiger charge is -2.40. The summed E-state index contributed by atoms with van der Waals surface area (Å²) in [5.41, 5.74) is 0. The van der Waals surface area contributed by atoms with Crippen molar-refractivity contribution >= 4 is 0 Å². The van der Waals surface area contributed by atoms with Gasteiger partial charge < -0.3 is 19.9 Å². The first kappa shape index (κ1) is 30.0. The van der Waals surface area contributed by atoms with Crippen molar-refractivity contribution in [1.29, 1.82) is 0 Å². The summed E-state index contributed by atoms with van der Waals surface area (Å²) in [6.07, 6.45) is 7.46. The SMILES string of the molecule is CC.CC.CC(C)C1CCCCC1.CN1CC(CN2CCNCC2)C1.COC. The van der Waals surface area contributed by atoms with Gasteiger partial charge in [0.15, 0.2) is 0 Å². The highest BCUT2D eigenvalue weighted by molar-refractivity contribution is 4.81. The lowest BCUT2D eigenvalue weighted by atomic mass is 9.82. The van der Waals surface area contributed by atoms with Gasteiger partial charge >= 0.3 is 0 Å². The maximum Gasteiger partial charge on any atom is 0.0351 e. The number of hydrogen-bond donors (Lipinski definition) is 1. The number of rotatable bonds is 3. The molecule has 3 fully saturated rings. The third kappa shape index (κ3) is 15.7. The fourth-order valence-electron chi connectivity index (χ4n) is 4.00. The minimum Gasteiger partial charge on any atom is -0.388 e. The van der Waals surface area contributed by atoms with Crippen LogP contribution in [0, 0.1) is 17.8 Å². The quantitative estimate of drug-likeness (QED) is 0.721. The summed E-state index contributed by atoms with van der Waals surface area (Å²) < 4.78 is 4.25. The molecular formula is C24H55N3O. The molecular weight excluding hydrogens is 346 g/mol. The van der Waals surface area contributed by atoms with Crippen LogP contribution >= 0.6 is 0 Å². The van der Waals surface area contributed by atoms with Crippen LogP contribution in [0.15, 0.2) is 0 Å². The Morgan fingerprint density at radius 2 is 1.36 bits per heavy atom. The predicted octanol–water partition coefficient (Wildman–Crippen LogP) is 4.99. The van der Waals surface area contributed by atoms with Crippen molar-refractivity contribution in [2.24, 2.45) is 17.8 Å². The Balaban J connectivity index is 0. The zero-order valence-electron chi connectivity index (χ0n) is 21.0. The molecule has 3 aliphatic rings. The Bertz CT molecular complexity index is 282. The lowest BCUT2D eigenvalue weighted by molar-refractivity contribution is 0.0856. The van der Waals surface area contributed by atoms with Crippen LogP contribution in [0.2, 0.25) is 0 Å². The van der Waals surface area contributed by atoms with Crippen LogP contribution < -0.4 is 5.32 Å². The predicted molar refractivity (Wildman–Crippen MR) is 127 cm³/mol. The first-order chi connectivity index (χ1) is 13.6. The number of nitrogens with one attached hydrogen (secondary N) is 1. The Morgan fingerprint density at radius 3 is 1.71 bits per heavy atom. The van der Waals surface area contributed by atoms with E-state index in [2.05, 4.69) is 40.7 Å². The summed E-state index contributed by atoms with van der Waals surface area (Å²) in [5.74, 6) is 2.94. The molecule has 0 bridgehead atoms. The van der Waals surface area contributed by atoms with Gasteiger partial charge in [-0.2, -0.15) is 0 Å². The van der Waals surface area contributed by atoms with E-state index in [4.69, 9.17) is 0 Å². The average molecular weight is 402 g/mol. The molecule has 1 aliphatic carbocycles. The Labute approximate surface area is 178 Å². The molecule has 2 saturated heterocycles. The van der Waals surface area contributed by atoms with Gasteiger partial charge in [-0.1, -0.05) is 73.6 Å². The van der Waals surface area contributed by atoms with Gasteiger partial charge in [0.25, 0.3) is 0 Å². The van der Waals surface area contributed by atoms with Crippen molar-refractivity contribution in [2.75, 3.05) is 67.1 Å². The van der Waals surface area contributed by atoms with E-state index in [1.807, 2.05) is 27.7 Å². The Hall–Kier alpha value is -0.160. The van der Waals surface area contributed by atoms with Crippen LogP contribution in [-0.4, -0.2) is 76.9 Å². The largest absolute Gasteiger partial charge is 0.388 e. The van der Waals surface area contributed by atoms with Crippen LogP contribution in [0.5, 0.6) is 0 Å². The molecule has 0 aromatic carbocycles. The first-order valence-corrected chi connectivity index (χ1v) is 12.1. The molecule has 0 amide bonds. The third-order valence-electron chi connectivity index (χ3n) is 5.46. The lowest BCUT2D eigenvalue weighted by Crippen LogP contribution is -2.52. The van der Waals surface area contributed by atoms with Crippen molar-refractivity contribution in [3.8, 4) is 0 Å². The molecule has 4 heteroatoms. The zero-order valence-corrected chi connectivity index (χ0v) is 21.0. The first-order valence-electron chi connectivity index (χ1n) is 12.1. The second-order valence-electron chi connectivity index (χ2n) is 8.19. The second kappa shape index (κ2) is 21.5. The van der Waals surface area contributed by atoms with E-state index in [-0.39, 0.29) is 0 Å². The topological polar surface area (TPSA) is 27.7 Å². The van der Waals surface area contributed by atoms with E-state index in [0.717, 1.165) is 17.8 Å². The summed E-state index contributed by atoms with van der Waals surface area (Å²) in [4.78, 5) is 4.99. The minimum absolute atomic E-state index is 0.935. The van der Waals surface area contributed by atoms with E-state index < -0.39 is 0 Å². The van der Waals surface area contributed by atoms with Gasteiger partial charge in [-0.25, -0.2) is 0 Å². The number of methoxy groups -OCH3 is 1. The third-order valence-corrected chi connectivity index (χ3v) is 5.46. The normalized spacial score (nSPS) is 20.8. The van der Waals surface area contributed by atoms with E-state index >= 15 is 0 Å². The Morgan fingerprint density at radius 1 is 0.893 bits per heavy atom. The molecule has 0 radical (unpaired) electrons. The van der Waals surface area contributed by atoms with Crippen molar-refractivity contribution in [3.63, 3.8) is 0 Å². The van der Waals surface area contributed by atoms with Crippen LogP contribution in [0.4, 0.5) is 0 Å². The molecule has 0 spiro atoms. The molecule has 3 rings (SSSR count). The van der Waals surface area contributed by atoms with E-state index in [1.165, 1.54) is 77.9 Å². The molecule has 0 atom stereocenters. The highest BCUT2D eigenvalue weighted by Gasteiger charge is 2.25. The smallest absolute Gasteiger partial charge is 0.0351 e. The molecule has 28 heavy (non-hydrogen) atoms. The summed E-state index contributed by atoms with van der Waals surface area (Å²) in [5, 5.41) is 3.38. The molecule has 4 nitrogen and oxygen atoms in total. The van der Waals surface area contributed by atoms with Gasteiger partial charge in [0, 0.05) is 60.0 Å². The number of nitrogens with zero attached hydrogens (tertiary/aromatic N) is 2. The molecule has 1 saturated carbocycles. The summed E-state index contributed by atoms with van der Waals surface area (Å²) in [6, 6.07) is 0. The standard InChI is InChI=1S/C9H19N3.C9H18.C2H6O.2C2H6/c1-11-6-9(7-11)8-12-4-2-10-3-5-12;1-8(2)9-6-4-3-5-7-9;1-3-2;2*1-2/h9-10H,2-8H2,1H3;8-9H,3-7H2,1-2H3;1-2H3;2*1-2H3. The minimum atomic E-state index is 0.935. The molecule has 0 aromatic heterocycles. The molecule has 0 unspecified atom stereocenters. The Kier molecular flexibility index (Phi) is 23.1. The fourth-order valence-corrected chi connectivity index (χ4v) is 4.00. The highest BCUT2D eigenvalue weighted by atomic mass is 16.4. The van der Waals surface area contributed by atoms with E-state index in [9.17, 15) is 0 Å². The highest BCUT2D eigenvalue weighted by Crippen LogP contribution is 2.29. The molecule has 0 aromatic rings. The van der Waals surface area contributed by atoms with Gasteiger partial charge in [0.05, 0.1) is 0 Å². The maximum atomic E-state index is 4.25. The molecule has 2 heterocycles. The van der Waals surface area contributed by atoms with Crippen molar-refractivity contribution in [1.82, 2.24) is 15.1 Å². The number of hydrogen-bond acceptors (Lipinski definition) is 4. The van der Waals surface area contributed by atoms with Gasteiger partial charge in [-0.05, 0) is 24.8 Å².